The Morgan fingerprint density at radius 1 is 1.39 bits per heavy atom. The Morgan fingerprint density at radius 2 is 2.11 bits per heavy atom. The van der Waals surface area contributed by atoms with Crippen LogP contribution in [0.4, 0.5) is 0 Å². The molecule has 94 valence electrons. The molecule has 2 rings (SSSR count). The van der Waals surface area contributed by atoms with Crippen molar-refractivity contribution < 1.29 is 9.53 Å². The van der Waals surface area contributed by atoms with Gasteiger partial charge in [-0.25, -0.2) is 0 Å². The Labute approximate surface area is 110 Å². The summed E-state index contributed by atoms with van der Waals surface area (Å²) in [7, 11) is 0. The van der Waals surface area contributed by atoms with Crippen LogP contribution in [0.15, 0.2) is 36.7 Å². The van der Waals surface area contributed by atoms with Gasteiger partial charge in [-0.3, -0.25) is 9.48 Å². The first-order valence-electron chi connectivity index (χ1n) is 5.52. The summed E-state index contributed by atoms with van der Waals surface area (Å²) in [5, 5.41) is 4.68. The van der Waals surface area contributed by atoms with Gasteiger partial charge < -0.3 is 4.74 Å². The van der Waals surface area contributed by atoms with Crippen LogP contribution in [0, 0.1) is 6.92 Å². The quantitative estimate of drug-likeness (QED) is 0.798. The van der Waals surface area contributed by atoms with E-state index in [1.165, 1.54) is 0 Å². The topological polar surface area (TPSA) is 44.1 Å². The molecule has 0 fully saturated rings. The van der Waals surface area contributed by atoms with Crippen LogP contribution in [0.25, 0.3) is 0 Å². The molecule has 0 aliphatic heterocycles. The maximum atomic E-state index is 11.6. The minimum absolute atomic E-state index is 0.126. The first-order chi connectivity index (χ1) is 8.63. The lowest BCUT2D eigenvalue weighted by Crippen LogP contribution is -2.13. The monoisotopic (exact) mass is 264 g/mol. The zero-order valence-corrected chi connectivity index (χ0v) is 10.7. The average molecular weight is 265 g/mol. The number of carbonyl (C=O) groups excluding carboxylic acids is 1. The van der Waals surface area contributed by atoms with E-state index in [0.717, 1.165) is 11.1 Å². The number of nitrogens with zero attached hydrogens (tertiary/aromatic N) is 2. The van der Waals surface area contributed by atoms with Crippen molar-refractivity contribution in [3.63, 3.8) is 0 Å². The number of hydrogen-bond donors (Lipinski definition) is 0. The maximum absolute atomic E-state index is 11.6. The molecule has 2 aromatic rings. The van der Waals surface area contributed by atoms with Crippen LogP contribution in [0.3, 0.4) is 0 Å². The highest BCUT2D eigenvalue weighted by Gasteiger charge is 2.05. The smallest absolute Gasteiger partial charge is 0.328 e. The van der Waals surface area contributed by atoms with Gasteiger partial charge in [0, 0.05) is 11.2 Å². The van der Waals surface area contributed by atoms with E-state index in [1.54, 1.807) is 29.2 Å². The SMILES string of the molecule is Cc1cnn(CC(=O)OCc2ccc(Cl)cc2)c1. The molecule has 0 atom stereocenters. The van der Waals surface area contributed by atoms with E-state index in [1.807, 2.05) is 19.1 Å². The summed E-state index contributed by atoms with van der Waals surface area (Å²) in [6, 6.07) is 7.19. The van der Waals surface area contributed by atoms with Crippen LogP contribution in [-0.4, -0.2) is 15.7 Å². The number of aryl methyl sites for hydroxylation is 1. The molecular weight excluding hydrogens is 252 g/mol. The Morgan fingerprint density at radius 3 is 2.72 bits per heavy atom. The number of benzene rings is 1. The van der Waals surface area contributed by atoms with Crippen LogP contribution in [0.2, 0.25) is 5.02 Å². The minimum atomic E-state index is -0.312. The Bertz CT molecular complexity index is 534. The van der Waals surface area contributed by atoms with Gasteiger partial charge >= 0.3 is 5.97 Å². The van der Waals surface area contributed by atoms with E-state index in [0.29, 0.717) is 5.02 Å². The number of carbonyl (C=O) groups is 1. The molecule has 4 nitrogen and oxygen atoms in total. The molecule has 0 amide bonds. The fraction of sp³-hybridized carbons (Fsp3) is 0.231. The third-order valence-electron chi connectivity index (χ3n) is 2.37. The molecule has 0 bridgehead atoms. The summed E-state index contributed by atoms with van der Waals surface area (Å²) in [6.07, 6.45) is 3.50. The number of rotatable bonds is 4. The fourth-order valence-electron chi connectivity index (χ4n) is 1.48. The summed E-state index contributed by atoms with van der Waals surface area (Å²) in [5.41, 5.74) is 1.92. The van der Waals surface area contributed by atoms with Gasteiger partial charge in [0.05, 0.1) is 6.20 Å². The van der Waals surface area contributed by atoms with Crippen molar-refractivity contribution in [3.05, 3.63) is 52.8 Å². The van der Waals surface area contributed by atoms with Crippen molar-refractivity contribution >= 4 is 17.6 Å². The van der Waals surface area contributed by atoms with E-state index in [4.69, 9.17) is 16.3 Å². The lowest BCUT2D eigenvalue weighted by Gasteiger charge is -2.05. The summed E-state index contributed by atoms with van der Waals surface area (Å²) >= 11 is 5.76. The molecule has 1 aromatic carbocycles. The normalized spacial score (nSPS) is 10.3. The summed E-state index contributed by atoms with van der Waals surface area (Å²) in [5.74, 6) is -0.312. The van der Waals surface area contributed by atoms with Crippen molar-refractivity contribution in [2.24, 2.45) is 0 Å². The lowest BCUT2D eigenvalue weighted by molar-refractivity contribution is -0.145. The first-order valence-corrected chi connectivity index (χ1v) is 5.90. The van der Waals surface area contributed by atoms with Crippen molar-refractivity contribution in [3.8, 4) is 0 Å². The number of halogens is 1. The third kappa shape index (κ3) is 3.60. The van der Waals surface area contributed by atoms with Gasteiger partial charge in [-0.1, -0.05) is 23.7 Å². The minimum Gasteiger partial charge on any atom is -0.459 e. The second-order valence-electron chi connectivity index (χ2n) is 4.00. The number of ether oxygens (including phenoxy) is 1. The summed E-state index contributed by atoms with van der Waals surface area (Å²) in [6.45, 7) is 2.29. The van der Waals surface area contributed by atoms with Crippen molar-refractivity contribution in [2.45, 2.75) is 20.1 Å². The largest absolute Gasteiger partial charge is 0.459 e. The van der Waals surface area contributed by atoms with E-state index in [2.05, 4.69) is 5.10 Å². The second-order valence-corrected chi connectivity index (χ2v) is 4.44. The Hall–Kier alpha value is -1.81. The standard InChI is InChI=1S/C13H13ClN2O2/c1-10-6-15-16(7-10)8-13(17)18-9-11-2-4-12(14)5-3-11/h2-7H,8-9H2,1H3. The molecule has 0 radical (unpaired) electrons. The number of esters is 1. The molecule has 1 heterocycles. The van der Waals surface area contributed by atoms with Crippen LogP contribution < -0.4 is 0 Å². The molecule has 0 saturated heterocycles. The lowest BCUT2D eigenvalue weighted by atomic mass is 10.2. The zero-order valence-electron chi connectivity index (χ0n) is 9.97. The van der Waals surface area contributed by atoms with E-state index in [9.17, 15) is 4.79 Å². The Balaban J connectivity index is 1.83. The highest BCUT2D eigenvalue weighted by molar-refractivity contribution is 6.30. The van der Waals surface area contributed by atoms with Gasteiger partial charge in [-0.2, -0.15) is 5.10 Å². The second kappa shape index (κ2) is 5.69. The highest BCUT2D eigenvalue weighted by atomic mass is 35.5. The summed E-state index contributed by atoms with van der Waals surface area (Å²) in [4.78, 5) is 11.6. The third-order valence-corrected chi connectivity index (χ3v) is 2.62. The maximum Gasteiger partial charge on any atom is 0.328 e. The molecular formula is C13H13ClN2O2. The molecule has 0 unspecified atom stereocenters. The molecule has 1 aromatic heterocycles. The van der Waals surface area contributed by atoms with Crippen molar-refractivity contribution in [1.29, 1.82) is 0 Å². The van der Waals surface area contributed by atoms with Crippen molar-refractivity contribution in [1.82, 2.24) is 9.78 Å². The van der Waals surface area contributed by atoms with Gasteiger partial charge in [0.15, 0.2) is 0 Å². The van der Waals surface area contributed by atoms with Gasteiger partial charge in [0.2, 0.25) is 0 Å². The fourth-order valence-corrected chi connectivity index (χ4v) is 1.60. The molecule has 5 heteroatoms. The zero-order chi connectivity index (χ0) is 13.0. The predicted octanol–water partition coefficient (Wildman–Crippen LogP) is 2.59. The number of hydrogen-bond acceptors (Lipinski definition) is 3. The molecule has 0 aliphatic carbocycles. The Kier molecular flexibility index (Phi) is 3.99. The first kappa shape index (κ1) is 12.6. The number of aromatic nitrogens is 2. The molecule has 0 spiro atoms. The predicted molar refractivity (Wildman–Crippen MR) is 68.2 cm³/mol. The van der Waals surface area contributed by atoms with Crippen LogP contribution in [0.1, 0.15) is 11.1 Å². The van der Waals surface area contributed by atoms with E-state index < -0.39 is 0 Å². The van der Waals surface area contributed by atoms with Crippen LogP contribution >= 0.6 is 11.6 Å². The highest BCUT2D eigenvalue weighted by Crippen LogP contribution is 2.10. The molecule has 0 saturated carbocycles. The van der Waals surface area contributed by atoms with Crippen LogP contribution in [0.5, 0.6) is 0 Å². The van der Waals surface area contributed by atoms with Gasteiger partial charge in [-0.15, -0.1) is 0 Å². The van der Waals surface area contributed by atoms with Gasteiger partial charge in [-0.05, 0) is 30.2 Å². The van der Waals surface area contributed by atoms with E-state index >= 15 is 0 Å². The average Bonchev–Trinajstić information content (AvgIpc) is 2.74. The summed E-state index contributed by atoms with van der Waals surface area (Å²) < 4.78 is 6.69. The molecule has 0 N–H and O–H groups in total. The van der Waals surface area contributed by atoms with E-state index in [-0.39, 0.29) is 19.1 Å². The van der Waals surface area contributed by atoms with Crippen molar-refractivity contribution in [2.75, 3.05) is 0 Å². The molecule has 18 heavy (non-hydrogen) atoms. The van der Waals surface area contributed by atoms with Crippen LogP contribution in [-0.2, 0) is 22.7 Å². The molecule has 0 aliphatic rings. The van der Waals surface area contributed by atoms with Gasteiger partial charge in [0.1, 0.15) is 13.2 Å². The van der Waals surface area contributed by atoms with Gasteiger partial charge in [0.25, 0.3) is 0 Å².